The van der Waals surface area contributed by atoms with E-state index in [-0.39, 0.29) is 11.4 Å². The van der Waals surface area contributed by atoms with E-state index in [2.05, 4.69) is 27.7 Å². The molecular formula is C13H21NO2S. The molecule has 1 heterocycles. The Bertz CT molecular complexity index is 416. The minimum absolute atomic E-state index is 0.00880. The number of nitrogen functional groups attached to an aromatic ring is 1. The number of ether oxygens (including phenoxy) is 1. The van der Waals surface area contributed by atoms with Gasteiger partial charge in [-0.2, -0.15) is 0 Å². The van der Waals surface area contributed by atoms with Crippen LogP contribution in [0.15, 0.2) is 0 Å². The van der Waals surface area contributed by atoms with Gasteiger partial charge in [0.1, 0.15) is 4.88 Å². The number of nitrogens with two attached hydrogens (primary N) is 1. The molecule has 2 N–H and O–H groups in total. The number of thiophene rings is 1. The van der Waals surface area contributed by atoms with E-state index in [0.29, 0.717) is 17.2 Å². The third-order valence-electron chi connectivity index (χ3n) is 2.54. The molecule has 0 aliphatic heterocycles. The normalized spacial score (nSPS) is 11.6. The summed E-state index contributed by atoms with van der Waals surface area (Å²) in [5, 5.41) is 0. The summed E-state index contributed by atoms with van der Waals surface area (Å²) in [6, 6.07) is 0. The van der Waals surface area contributed by atoms with Gasteiger partial charge >= 0.3 is 5.97 Å². The fraction of sp³-hybridized carbons (Fsp3) is 0.615. The summed E-state index contributed by atoms with van der Waals surface area (Å²) in [5.74, 6) is -0.305. The molecule has 0 saturated carbocycles. The highest BCUT2D eigenvalue weighted by atomic mass is 32.1. The second-order valence-electron chi connectivity index (χ2n) is 4.98. The molecule has 1 aromatic heterocycles. The lowest BCUT2D eigenvalue weighted by molar-refractivity contribution is 0.0533. The lowest BCUT2D eigenvalue weighted by Crippen LogP contribution is -2.11. The third-order valence-corrected chi connectivity index (χ3v) is 4.20. The standard InChI is InChI=1S/C13H21NO2S/c1-6-8-9(14)10(12(15)16-7-2)17-11(8)13(3,4)5/h6-7,14H2,1-5H3. The Kier molecular flexibility index (Phi) is 4.20. The number of anilines is 1. The first-order valence-corrected chi connectivity index (χ1v) is 6.73. The first-order valence-electron chi connectivity index (χ1n) is 5.91. The molecule has 96 valence electrons. The predicted molar refractivity (Wildman–Crippen MR) is 72.8 cm³/mol. The van der Waals surface area contributed by atoms with Crippen molar-refractivity contribution in [3.63, 3.8) is 0 Å². The molecule has 1 aromatic rings. The van der Waals surface area contributed by atoms with Crippen molar-refractivity contribution in [3.8, 4) is 0 Å². The van der Waals surface area contributed by atoms with Gasteiger partial charge in [0, 0.05) is 4.88 Å². The molecule has 0 radical (unpaired) electrons. The fourth-order valence-electron chi connectivity index (χ4n) is 1.78. The number of rotatable bonds is 3. The summed E-state index contributed by atoms with van der Waals surface area (Å²) in [6.07, 6.45) is 0.842. The molecule has 0 unspecified atom stereocenters. The van der Waals surface area contributed by atoms with Crippen molar-refractivity contribution >= 4 is 23.0 Å². The van der Waals surface area contributed by atoms with Crippen LogP contribution in [0.25, 0.3) is 0 Å². The molecule has 0 atom stereocenters. The Hall–Kier alpha value is -1.03. The zero-order valence-corrected chi connectivity index (χ0v) is 12.0. The van der Waals surface area contributed by atoms with Gasteiger partial charge in [-0.25, -0.2) is 4.79 Å². The molecule has 0 bridgehead atoms. The molecule has 0 aliphatic rings. The van der Waals surface area contributed by atoms with Crippen LogP contribution in [0, 0.1) is 0 Å². The van der Waals surface area contributed by atoms with Gasteiger partial charge in [-0.1, -0.05) is 27.7 Å². The minimum atomic E-state index is -0.305. The summed E-state index contributed by atoms with van der Waals surface area (Å²) >= 11 is 1.47. The second kappa shape index (κ2) is 5.08. The molecule has 0 spiro atoms. The van der Waals surface area contributed by atoms with Gasteiger partial charge in [-0.15, -0.1) is 11.3 Å². The molecule has 3 nitrogen and oxygen atoms in total. The molecule has 1 rings (SSSR count). The summed E-state index contributed by atoms with van der Waals surface area (Å²) in [7, 11) is 0. The van der Waals surface area contributed by atoms with Crippen molar-refractivity contribution < 1.29 is 9.53 Å². The Morgan fingerprint density at radius 3 is 2.29 bits per heavy atom. The first kappa shape index (κ1) is 14.0. The number of hydrogen-bond acceptors (Lipinski definition) is 4. The van der Waals surface area contributed by atoms with E-state index in [9.17, 15) is 4.79 Å². The highest BCUT2D eigenvalue weighted by Gasteiger charge is 2.27. The van der Waals surface area contributed by atoms with Crippen LogP contribution in [0.2, 0.25) is 0 Å². The predicted octanol–water partition coefficient (Wildman–Crippen LogP) is 3.37. The average Bonchev–Trinajstić information content (AvgIpc) is 2.55. The zero-order chi connectivity index (χ0) is 13.2. The zero-order valence-electron chi connectivity index (χ0n) is 11.2. The second-order valence-corrected chi connectivity index (χ2v) is 6.00. The molecule has 4 heteroatoms. The summed E-state index contributed by atoms with van der Waals surface area (Å²) in [5.41, 5.74) is 7.75. The summed E-state index contributed by atoms with van der Waals surface area (Å²) in [4.78, 5) is 13.5. The summed E-state index contributed by atoms with van der Waals surface area (Å²) in [6.45, 7) is 10.6. The van der Waals surface area contributed by atoms with E-state index >= 15 is 0 Å². The molecule has 0 fully saturated rings. The lowest BCUT2D eigenvalue weighted by atomic mass is 9.90. The molecule has 17 heavy (non-hydrogen) atoms. The lowest BCUT2D eigenvalue weighted by Gasteiger charge is -2.18. The van der Waals surface area contributed by atoms with E-state index < -0.39 is 0 Å². The molecule has 0 saturated heterocycles. The van der Waals surface area contributed by atoms with Crippen LogP contribution in [0.4, 0.5) is 5.69 Å². The van der Waals surface area contributed by atoms with Crippen LogP contribution in [0.5, 0.6) is 0 Å². The molecule has 0 aliphatic carbocycles. The topological polar surface area (TPSA) is 52.3 Å². The first-order chi connectivity index (χ1) is 7.82. The van der Waals surface area contributed by atoms with Crippen molar-refractivity contribution in [3.05, 3.63) is 15.3 Å². The van der Waals surface area contributed by atoms with Crippen molar-refractivity contribution in [1.82, 2.24) is 0 Å². The van der Waals surface area contributed by atoms with Gasteiger partial charge in [0.15, 0.2) is 0 Å². The van der Waals surface area contributed by atoms with Gasteiger partial charge in [0.25, 0.3) is 0 Å². The number of carbonyl (C=O) groups excluding carboxylic acids is 1. The fourth-order valence-corrected chi connectivity index (χ4v) is 3.05. The number of hydrogen-bond donors (Lipinski definition) is 1. The number of esters is 1. The Balaban J connectivity index is 3.27. The smallest absolute Gasteiger partial charge is 0.350 e. The van der Waals surface area contributed by atoms with Gasteiger partial charge < -0.3 is 10.5 Å². The SMILES string of the molecule is CCOC(=O)c1sc(C(C)(C)C)c(CC)c1N. The monoisotopic (exact) mass is 255 g/mol. The van der Waals surface area contributed by atoms with Gasteiger partial charge in [-0.05, 0) is 24.3 Å². The van der Waals surface area contributed by atoms with E-state index in [0.717, 1.165) is 12.0 Å². The van der Waals surface area contributed by atoms with Crippen LogP contribution in [0.3, 0.4) is 0 Å². The van der Waals surface area contributed by atoms with Crippen molar-refractivity contribution in [2.24, 2.45) is 0 Å². The van der Waals surface area contributed by atoms with Crippen LogP contribution in [0.1, 0.15) is 54.7 Å². The van der Waals surface area contributed by atoms with Crippen molar-refractivity contribution in [1.29, 1.82) is 0 Å². The Morgan fingerprint density at radius 2 is 1.94 bits per heavy atom. The Morgan fingerprint density at radius 1 is 1.35 bits per heavy atom. The third kappa shape index (κ3) is 2.80. The van der Waals surface area contributed by atoms with Crippen molar-refractivity contribution in [2.75, 3.05) is 12.3 Å². The number of carbonyl (C=O) groups is 1. The van der Waals surface area contributed by atoms with Crippen LogP contribution < -0.4 is 5.73 Å². The van der Waals surface area contributed by atoms with E-state index in [1.54, 1.807) is 6.92 Å². The van der Waals surface area contributed by atoms with Crippen LogP contribution >= 0.6 is 11.3 Å². The quantitative estimate of drug-likeness (QED) is 0.842. The highest BCUT2D eigenvalue weighted by molar-refractivity contribution is 7.15. The molecular weight excluding hydrogens is 234 g/mol. The van der Waals surface area contributed by atoms with E-state index in [4.69, 9.17) is 10.5 Å². The van der Waals surface area contributed by atoms with Gasteiger partial charge in [0.2, 0.25) is 0 Å². The van der Waals surface area contributed by atoms with Gasteiger partial charge in [-0.3, -0.25) is 0 Å². The largest absolute Gasteiger partial charge is 0.462 e. The maximum absolute atomic E-state index is 11.8. The molecule has 0 amide bonds. The van der Waals surface area contributed by atoms with E-state index in [1.165, 1.54) is 16.2 Å². The minimum Gasteiger partial charge on any atom is -0.462 e. The van der Waals surface area contributed by atoms with Crippen LogP contribution in [-0.2, 0) is 16.6 Å². The van der Waals surface area contributed by atoms with E-state index in [1.807, 2.05) is 0 Å². The maximum atomic E-state index is 11.8. The molecule has 0 aromatic carbocycles. The highest BCUT2D eigenvalue weighted by Crippen LogP contribution is 2.39. The average molecular weight is 255 g/mol. The van der Waals surface area contributed by atoms with Crippen LogP contribution in [-0.4, -0.2) is 12.6 Å². The summed E-state index contributed by atoms with van der Waals surface area (Å²) < 4.78 is 5.03. The van der Waals surface area contributed by atoms with Gasteiger partial charge in [0.05, 0.1) is 12.3 Å². The van der Waals surface area contributed by atoms with Crippen molar-refractivity contribution in [2.45, 2.75) is 46.5 Å². The maximum Gasteiger partial charge on any atom is 0.350 e. The Labute approximate surface area is 107 Å².